The van der Waals surface area contributed by atoms with Crippen LogP contribution in [-0.4, -0.2) is 10.1 Å². The van der Waals surface area contributed by atoms with Crippen LogP contribution in [0.4, 0.5) is 0 Å². The summed E-state index contributed by atoms with van der Waals surface area (Å²) in [6, 6.07) is 18.4. The van der Waals surface area contributed by atoms with Gasteiger partial charge in [0.25, 0.3) is 0 Å². The molecule has 0 spiro atoms. The lowest BCUT2D eigenvalue weighted by Gasteiger charge is -2.08. The maximum atomic E-state index is 9.53. The zero-order chi connectivity index (χ0) is 14.7. The van der Waals surface area contributed by atoms with Crippen molar-refractivity contribution in [3.05, 3.63) is 71.9 Å². The summed E-state index contributed by atoms with van der Waals surface area (Å²) in [4.78, 5) is 5.60. The molecule has 21 heavy (non-hydrogen) atoms. The van der Waals surface area contributed by atoms with Crippen LogP contribution in [0.1, 0.15) is 24.2 Å². The number of aliphatic hydroxyl groups is 1. The van der Waals surface area contributed by atoms with Crippen LogP contribution in [0, 0.1) is 0 Å². The third-order valence-electron chi connectivity index (χ3n) is 3.50. The van der Waals surface area contributed by atoms with Gasteiger partial charge in [0.1, 0.15) is 0 Å². The van der Waals surface area contributed by atoms with E-state index in [4.69, 9.17) is 0 Å². The van der Waals surface area contributed by atoms with Crippen LogP contribution in [0.25, 0.3) is 10.9 Å². The van der Waals surface area contributed by atoms with Crippen molar-refractivity contribution >= 4 is 22.7 Å². The summed E-state index contributed by atoms with van der Waals surface area (Å²) < 4.78 is 0. The minimum atomic E-state index is -0.409. The molecule has 0 radical (unpaired) electrons. The highest BCUT2D eigenvalue weighted by Crippen LogP contribution is 2.27. The van der Waals surface area contributed by atoms with E-state index >= 15 is 0 Å². The molecule has 0 aliphatic heterocycles. The molecular weight excluding hydrogens is 278 g/mol. The third kappa shape index (κ3) is 3.26. The summed E-state index contributed by atoms with van der Waals surface area (Å²) in [6.07, 6.45) is 1.46. The molecule has 1 N–H and O–H groups in total. The average molecular weight is 295 g/mol. The second-order valence-electron chi connectivity index (χ2n) is 5.02. The molecule has 2 aromatic carbocycles. The molecule has 3 aromatic rings. The lowest BCUT2D eigenvalue weighted by Crippen LogP contribution is -1.90. The first-order valence-corrected chi connectivity index (χ1v) is 7.96. The number of aromatic nitrogens is 1. The van der Waals surface area contributed by atoms with E-state index in [1.165, 1.54) is 15.8 Å². The normalized spacial score (nSPS) is 12.5. The Hall–Kier alpha value is -1.84. The molecule has 1 aromatic heterocycles. The van der Waals surface area contributed by atoms with E-state index < -0.39 is 6.10 Å². The Kier molecular flexibility index (Phi) is 4.23. The summed E-state index contributed by atoms with van der Waals surface area (Å²) in [5.41, 5.74) is 3.29. The molecular formula is C18H17NOS. The van der Waals surface area contributed by atoms with E-state index in [1.54, 1.807) is 18.7 Å². The standard InChI is InChI=1S/C18H17NOS/c1-13(20)14-6-8-16(9-7-14)21-12-15-10-11-19-18-5-3-2-4-17(15)18/h2-11,13,20H,12H2,1H3. The van der Waals surface area contributed by atoms with Gasteiger partial charge in [0.2, 0.25) is 0 Å². The van der Waals surface area contributed by atoms with Gasteiger partial charge >= 0.3 is 0 Å². The van der Waals surface area contributed by atoms with Gasteiger partial charge in [0.15, 0.2) is 0 Å². The highest BCUT2D eigenvalue weighted by molar-refractivity contribution is 7.98. The first kappa shape index (κ1) is 14.1. The van der Waals surface area contributed by atoms with Gasteiger partial charge in [-0.2, -0.15) is 0 Å². The monoisotopic (exact) mass is 295 g/mol. The minimum Gasteiger partial charge on any atom is -0.389 e. The second-order valence-corrected chi connectivity index (χ2v) is 6.07. The first-order valence-electron chi connectivity index (χ1n) is 6.97. The molecule has 0 amide bonds. The van der Waals surface area contributed by atoms with Crippen molar-refractivity contribution in [2.45, 2.75) is 23.7 Å². The van der Waals surface area contributed by atoms with Gasteiger partial charge in [-0.1, -0.05) is 30.3 Å². The minimum absolute atomic E-state index is 0.409. The quantitative estimate of drug-likeness (QED) is 0.715. The van der Waals surface area contributed by atoms with Gasteiger partial charge in [-0.15, -0.1) is 11.8 Å². The number of hydrogen-bond acceptors (Lipinski definition) is 3. The number of nitrogens with zero attached hydrogens (tertiary/aromatic N) is 1. The number of para-hydroxylation sites is 1. The topological polar surface area (TPSA) is 33.1 Å². The van der Waals surface area contributed by atoms with Gasteiger partial charge in [-0.05, 0) is 42.3 Å². The number of rotatable bonds is 4. The van der Waals surface area contributed by atoms with Crippen LogP contribution in [0.2, 0.25) is 0 Å². The molecule has 0 saturated heterocycles. The lowest BCUT2D eigenvalue weighted by molar-refractivity contribution is 0.199. The van der Waals surface area contributed by atoms with E-state index in [0.29, 0.717) is 0 Å². The molecule has 106 valence electrons. The Bertz CT molecular complexity index is 732. The summed E-state index contributed by atoms with van der Waals surface area (Å²) in [5, 5.41) is 10.7. The van der Waals surface area contributed by atoms with Crippen LogP contribution in [-0.2, 0) is 5.75 Å². The van der Waals surface area contributed by atoms with Crippen molar-refractivity contribution in [3.8, 4) is 0 Å². The molecule has 1 heterocycles. The highest BCUT2D eigenvalue weighted by atomic mass is 32.2. The van der Waals surface area contributed by atoms with Gasteiger partial charge < -0.3 is 5.11 Å². The summed E-state index contributed by atoms with van der Waals surface area (Å²) in [5.74, 6) is 0.914. The largest absolute Gasteiger partial charge is 0.389 e. The number of pyridine rings is 1. The molecule has 1 atom stereocenters. The smallest absolute Gasteiger partial charge is 0.0761 e. The zero-order valence-electron chi connectivity index (χ0n) is 11.9. The van der Waals surface area contributed by atoms with Crippen LogP contribution in [0.3, 0.4) is 0 Å². The molecule has 2 nitrogen and oxygen atoms in total. The molecule has 1 unspecified atom stereocenters. The number of thioether (sulfide) groups is 1. The summed E-state index contributed by atoms with van der Waals surface area (Å²) in [7, 11) is 0. The van der Waals surface area contributed by atoms with Crippen molar-refractivity contribution in [1.29, 1.82) is 0 Å². The molecule has 0 bridgehead atoms. The van der Waals surface area contributed by atoms with Crippen molar-refractivity contribution < 1.29 is 5.11 Å². The molecule has 0 fully saturated rings. The first-order chi connectivity index (χ1) is 10.2. The molecule has 3 heteroatoms. The zero-order valence-corrected chi connectivity index (χ0v) is 12.7. The van der Waals surface area contributed by atoms with Crippen molar-refractivity contribution in [2.24, 2.45) is 0 Å². The summed E-state index contributed by atoms with van der Waals surface area (Å²) in [6.45, 7) is 1.78. The van der Waals surface area contributed by atoms with Crippen molar-refractivity contribution in [1.82, 2.24) is 4.98 Å². The summed E-state index contributed by atoms with van der Waals surface area (Å²) >= 11 is 1.80. The predicted molar refractivity (Wildman–Crippen MR) is 88.4 cm³/mol. The van der Waals surface area contributed by atoms with Crippen LogP contribution in [0.5, 0.6) is 0 Å². The predicted octanol–water partition coefficient (Wildman–Crippen LogP) is 4.58. The fourth-order valence-electron chi connectivity index (χ4n) is 2.28. The number of fused-ring (bicyclic) bond motifs is 1. The fourth-order valence-corrected chi connectivity index (χ4v) is 3.19. The van der Waals surface area contributed by atoms with Crippen molar-refractivity contribution in [2.75, 3.05) is 0 Å². The van der Waals surface area contributed by atoms with Gasteiger partial charge in [0.05, 0.1) is 11.6 Å². The van der Waals surface area contributed by atoms with Gasteiger partial charge in [-0.25, -0.2) is 0 Å². The maximum absolute atomic E-state index is 9.53. The average Bonchev–Trinajstić information content (AvgIpc) is 2.53. The molecule has 0 aliphatic carbocycles. The maximum Gasteiger partial charge on any atom is 0.0761 e. The van der Waals surface area contributed by atoms with E-state index in [2.05, 4.69) is 35.3 Å². The van der Waals surface area contributed by atoms with E-state index in [-0.39, 0.29) is 0 Å². The van der Waals surface area contributed by atoms with Crippen LogP contribution < -0.4 is 0 Å². The Morgan fingerprint density at radius 1 is 1.05 bits per heavy atom. The van der Waals surface area contributed by atoms with E-state index in [1.807, 2.05) is 30.5 Å². The SMILES string of the molecule is CC(O)c1ccc(SCc2ccnc3ccccc23)cc1. The molecule has 0 aliphatic rings. The fraction of sp³-hybridized carbons (Fsp3) is 0.167. The number of aliphatic hydroxyl groups excluding tert-OH is 1. The molecule has 3 rings (SSSR count). The van der Waals surface area contributed by atoms with E-state index in [9.17, 15) is 5.11 Å². The third-order valence-corrected chi connectivity index (χ3v) is 4.56. The number of hydrogen-bond donors (Lipinski definition) is 1. The van der Waals surface area contributed by atoms with Crippen LogP contribution in [0.15, 0.2) is 65.7 Å². The molecule has 0 saturated carbocycles. The Morgan fingerprint density at radius 3 is 2.57 bits per heavy atom. The second kappa shape index (κ2) is 6.29. The Labute approximate surface area is 128 Å². The Morgan fingerprint density at radius 2 is 1.81 bits per heavy atom. The highest BCUT2D eigenvalue weighted by Gasteiger charge is 2.04. The van der Waals surface area contributed by atoms with Gasteiger partial charge in [-0.3, -0.25) is 4.98 Å². The van der Waals surface area contributed by atoms with Gasteiger partial charge in [0, 0.05) is 22.2 Å². The number of benzene rings is 2. The van der Waals surface area contributed by atoms with E-state index in [0.717, 1.165) is 16.8 Å². The van der Waals surface area contributed by atoms with Crippen molar-refractivity contribution in [3.63, 3.8) is 0 Å². The lowest BCUT2D eigenvalue weighted by atomic mass is 10.1. The Balaban J connectivity index is 1.77. The van der Waals surface area contributed by atoms with Crippen LogP contribution >= 0.6 is 11.8 Å².